The molecular weight excluding hydrogens is 523 g/mol. The van der Waals surface area contributed by atoms with Crippen molar-refractivity contribution in [1.82, 2.24) is 14.9 Å². The Morgan fingerprint density at radius 3 is 2.44 bits per heavy atom. The van der Waals surface area contributed by atoms with E-state index < -0.39 is 5.92 Å². The van der Waals surface area contributed by atoms with Crippen molar-refractivity contribution in [3.63, 3.8) is 0 Å². The standard InChI is InChI=1S/C22H32FN3OS.C4H7F2N.C2H6.CH5N/c1-2-4-22(24)26-12-11-21(25-28)18(14-26)15-27-20-9-7-16(8-10-20)17-5-3-6-19(23)13-17;5-4(6)1-2-7-3-4;2*1-2/h2-6,13,16,18,20-21,25,28H,1,7-12,14-15,24H2;7H,1-3H2;1-2H3;2H2,1H3/b22-4+;;;. The third-order valence-electron chi connectivity index (χ3n) is 7.14. The number of allylic oxidation sites excluding steroid dienone is 2. The molecule has 2 atom stereocenters. The molecule has 39 heavy (non-hydrogen) atoms. The first-order valence-electron chi connectivity index (χ1n) is 14.1. The maximum absolute atomic E-state index is 13.5. The number of alkyl halides is 2. The second-order valence-electron chi connectivity index (χ2n) is 9.70. The lowest BCUT2D eigenvalue weighted by atomic mass is 9.82. The maximum atomic E-state index is 13.5. The van der Waals surface area contributed by atoms with Gasteiger partial charge in [0.2, 0.25) is 0 Å². The van der Waals surface area contributed by atoms with Gasteiger partial charge in [0.05, 0.1) is 25.1 Å². The Bertz CT molecular complexity index is 829. The largest absolute Gasteiger partial charge is 0.385 e. The van der Waals surface area contributed by atoms with Crippen LogP contribution in [0.15, 0.2) is 48.8 Å². The second-order valence-corrected chi connectivity index (χ2v) is 9.96. The number of likely N-dealkylation sites (tertiary alicyclic amines) is 1. The zero-order chi connectivity index (χ0) is 29.3. The van der Waals surface area contributed by atoms with Crippen LogP contribution in [0.2, 0.25) is 0 Å². The summed E-state index contributed by atoms with van der Waals surface area (Å²) in [5, 5.41) is 2.56. The van der Waals surface area contributed by atoms with Gasteiger partial charge in [0.25, 0.3) is 5.92 Å². The van der Waals surface area contributed by atoms with E-state index in [-0.39, 0.29) is 24.9 Å². The minimum atomic E-state index is -2.42. The lowest BCUT2D eigenvalue weighted by Crippen LogP contribution is -2.49. The van der Waals surface area contributed by atoms with Crippen molar-refractivity contribution in [2.24, 2.45) is 17.4 Å². The molecule has 224 valence electrons. The summed E-state index contributed by atoms with van der Waals surface area (Å²) in [6.45, 7) is 10.5. The molecule has 1 aromatic carbocycles. The lowest BCUT2D eigenvalue weighted by molar-refractivity contribution is -0.0134. The number of ether oxygens (including phenoxy) is 1. The molecule has 2 unspecified atom stereocenters. The van der Waals surface area contributed by atoms with Crippen LogP contribution in [0.25, 0.3) is 0 Å². The van der Waals surface area contributed by atoms with E-state index >= 15 is 0 Å². The van der Waals surface area contributed by atoms with Crippen LogP contribution in [-0.4, -0.2) is 62.8 Å². The molecule has 2 heterocycles. The van der Waals surface area contributed by atoms with E-state index in [9.17, 15) is 13.2 Å². The number of hydrogen-bond donors (Lipinski definition) is 5. The Hall–Kier alpha value is -1.72. The fourth-order valence-corrected chi connectivity index (χ4v) is 5.39. The number of nitrogens with two attached hydrogens (primary N) is 2. The van der Waals surface area contributed by atoms with Crippen molar-refractivity contribution in [3.8, 4) is 0 Å². The van der Waals surface area contributed by atoms with Crippen LogP contribution in [0.4, 0.5) is 13.2 Å². The number of nitrogens with zero attached hydrogens (tertiary/aromatic N) is 1. The Kier molecular flexibility index (Phi) is 17.5. The van der Waals surface area contributed by atoms with Gasteiger partial charge in [0, 0.05) is 38.0 Å². The Labute approximate surface area is 239 Å². The summed E-state index contributed by atoms with van der Waals surface area (Å²) < 4.78 is 46.7. The van der Waals surface area contributed by atoms with Crippen LogP contribution in [0.1, 0.15) is 63.9 Å². The van der Waals surface area contributed by atoms with E-state index in [4.69, 9.17) is 10.5 Å². The molecule has 0 radical (unpaired) electrons. The van der Waals surface area contributed by atoms with Gasteiger partial charge >= 0.3 is 0 Å². The maximum Gasteiger partial charge on any atom is 0.261 e. The fourth-order valence-electron chi connectivity index (χ4n) is 5.05. The zero-order valence-electron chi connectivity index (χ0n) is 23.9. The molecule has 6 nitrogen and oxygen atoms in total. The third-order valence-corrected chi connectivity index (χ3v) is 7.48. The molecule has 3 aliphatic rings. The lowest BCUT2D eigenvalue weighted by Gasteiger charge is -2.40. The normalized spacial score (nSPS) is 26.2. The Morgan fingerprint density at radius 2 is 1.92 bits per heavy atom. The minimum absolute atomic E-state index is 0.00694. The van der Waals surface area contributed by atoms with Crippen LogP contribution in [0.5, 0.6) is 0 Å². The number of piperidine rings is 1. The SMILES string of the molecule is C=C/C=C(\N)N1CCC(NS)C(COC2CCC(c3cccc(F)c3)CC2)C1.CC.CN.FC1(F)CCNC1. The average molecular weight is 574 g/mol. The molecular formula is C29H50F3N5OS. The van der Waals surface area contributed by atoms with E-state index in [2.05, 4.69) is 40.1 Å². The number of rotatable bonds is 7. The smallest absolute Gasteiger partial charge is 0.261 e. The fraction of sp³-hybridized carbons (Fsp3) is 0.655. The van der Waals surface area contributed by atoms with Crippen molar-refractivity contribution in [2.45, 2.75) is 76.4 Å². The molecule has 2 aliphatic heterocycles. The first-order valence-corrected chi connectivity index (χ1v) is 14.5. The van der Waals surface area contributed by atoms with Gasteiger partial charge in [-0.1, -0.05) is 51.4 Å². The van der Waals surface area contributed by atoms with Crippen LogP contribution in [0.3, 0.4) is 0 Å². The monoisotopic (exact) mass is 573 g/mol. The molecule has 4 rings (SSSR count). The van der Waals surface area contributed by atoms with Gasteiger partial charge in [-0.25, -0.2) is 13.2 Å². The molecule has 10 heteroatoms. The predicted octanol–water partition coefficient (Wildman–Crippen LogP) is 5.20. The van der Waals surface area contributed by atoms with Crippen LogP contribution in [0, 0.1) is 11.7 Å². The van der Waals surface area contributed by atoms with Gasteiger partial charge in [-0.3, -0.25) is 4.72 Å². The van der Waals surface area contributed by atoms with Crippen molar-refractivity contribution >= 4 is 12.8 Å². The highest BCUT2D eigenvalue weighted by Crippen LogP contribution is 2.34. The van der Waals surface area contributed by atoms with Crippen molar-refractivity contribution in [2.75, 3.05) is 39.8 Å². The molecule has 2 saturated heterocycles. The summed E-state index contributed by atoms with van der Waals surface area (Å²) in [6, 6.07) is 7.34. The quantitative estimate of drug-likeness (QED) is 0.228. The summed E-state index contributed by atoms with van der Waals surface area (Å²) in [5.74, 6) is -1.03. The van der Waals surface area contributed by atoms with E-state index in [1.54, 1.807) is 18.2 Å². The number of halogens is 3. The molecule has 3 fully saturated rings. The summed E-state index contributed by atoms with van der Waals surface area (Å²) in [5.41, 5.74) is 11.8. The van der Waals surface area contributed by atoms with Crippen LogP contribution >= 0.6 is 12.8 Å². The van der Waals surface area contributed by atoms with Gasteiger partial charge in [0.15, 0.2) is 0 Å². The van der Waals surface area contributed by atoms with E-state index in [0.717, 1.165) is 56.6 Å². The first kappa shape index (κ1) is 35.3. The summed E-state index contributed by atoms with van der Waals surface area (Å²) >= 11 is 4.31. The molecule has 0 bridgehead atoms. The van der Waals surface area contributed by atoms with Crippen LogP contribution < -0.4 is 21.5 Å². The highest BCUT2D eigenvalue weighted by atomic mass is 32.1. The highest BCUT2D eigenvalue weighted by Gasteiger charge is 2.32. The average Bonchev–Trinajstić information content (AvgIpc) is 3.38. The highest BCUT2D eigenvalue weighted by molar-refractivity contribution is 7.78. The summed E-state index contributed by atoms with van der Waals surface area (Å²) in [7, 11) is 1.50. The van der Waals surface area contributed by atoms with Gasteiger partial charge in [-0.2, -0.15) is 0 Å². The second kappa shape index (κ2) is 19.4. The molecule has 1 aliphatic carbocycles. The van der Waals surface area contributed by atoms with E-state index in [0.29, 0.717) is 31.0 Å². The Morgan fingerprint density at radius 1 is 1.23 bits per heavy atom. The number of benzene rings is 1. The van der Waals surface area contributed by atoms with Crippen LogP contribution in [-0.2, 0) is 4.74 Å². The molecule has 6 N–H and O–H groups in total. The first-order chi connectivity index (χ1) is 18.8. The minimum Gasteiger partial charge on any atom is -0.385 e. The topological polar surface area (TPSA) is 88.6 Å². The number of thiol groups is 1. The van der Waals surface area contributed by atoms with Crippen molar-refractivity contribution in [1.29, 1.82) is 0 Å². The van der Waals surface area contributed by atoms with Gasteiger partial charge in [0.1, 0.15) is 5.82 Å². The molecule has 1 saturated carbocycles. The van der Waals surface area contributed by atoms with E-state index in [1.165, 1.54) is 13.1 Å². The number of hydrogen-bond acceptors (Lipinski definition) is 7. The molecule has 0 amide bonds. The summed E-state index contributed by atoms with van der Waals surface area (Å²) in [6.07, 6.45) is 8.98. The van der Waals surface area contributed by atoms with Gasteiger partial charge in [-0.15, -0.1) is 0 Å². The van der Waals surface area contributed by atoms with Crippen molar-refractivity contribution < 1.29 is 17.9 Å². The van der Waals surface area contributed by atoms with Gasteiger partial charge in [-0.05, 0) is 68.8 Å². The van der Waals surface area contributed by atoms with E-state index in [1.807, 2.05) is 26.0 Å². The molecule has 0 aromatic heterocycles. The zero-order valence-corrected chi connectivity index (χ0v) is 24.7. The number of nitrogens with one attached hydrogen (secondary N) is 2. The molecule has 1 aromatic rings. The van der Waals surface area contributed by atoms with Crippen molar-refractivity contribution in [3.05, 3.63) is 60.2 Å². The molecule has 0 spiro atoms. The third kappa shape index (κ3) is 12.6. The Balaban J connectivity index is 0.000000585. The van der Waals surface area contributed by atoms with Gasteiger partial charge < -0.3 is 26.4 Å². The predicted molar refractivity (Wildman–Crippen MR) is 159 cm³/mol. The summed E-state index contributed by atoms with van der Waals surface area (Å²) in [4.78, 5) is 2.19.